The van der Waals surface area contributed by atoms with E-state index in [1.165, 1.54) is 0 Å². The van der Waals surface area contributed by atoms with E-state index in [1.54, 1.807) is 12.1 Å². The molecule has 0 unspecified atom stereocenters. The van der Waals surface area contributed by atoms with Gasteiger partial charge >= 0.3 is 0 Å². The van der Waals surface area contributed by atoms with Crippen molar-refractivity contribution >= 4 is 23.2 Å². The standard InChI is InChI=1S/C9H8Cl2N2O2/c10-5-1-2-8-12-13-9(15-8)6-3-4-7(11)14-6/h3-4H,1-2,5H2. The molecule has 0 aliphatic rings. The summed E-state index contributed by atoms with van der Waals surface area (Å²) < 4.78 is 10.5. The molecule has 2 rings (SSSR count). The summed E-state index contributed by atoms with van der Waals surface area (Å²) in [6, 6.07) is 3.31. The van der Waals surface area contributed by atoms with Gasteiger partial charge in [0.15, 0.2) is 11.0 Å². The minimum absolute atomic E-state index is 0.297. The lowest BCUT2D eigenvalue weighted by molar-refractivity contribution is 0.478. The molecule has 0 atom stereocenters. The Morgan fingerprint density at radius 2 is 2.07 bits per heavy atom. The Morgan fingerprint density at radius 1 is 1.20 bits per heavy atom. The second-order valence-corrected chi connectivity index (χ2v) is 3.65. The van der Waals surface area contributed by atoms with Gasteiger partial charge in [0, 0.05) is 12.3 Å². The summed E-state index contributed by atoms with van der Waals surface area (Å²) in [5, 5.41) is 8.00. The first-order valence-corrected chi connectivity index (χ1v) is 5.35. The molecule has 15 heavy (non-hydrogen) atoms. The van der Waals surface area contributed by atoms with Crippen molar-refractivity contribution in [2.75, 3.05) is 5.88 Å². The van der Waals surface area contributed by atoms with Crippen molar-refractivity contribution in [3.63, 3.8) is 0 Å². The summed E-state index contributed by atoms with van der Waals surface area (Å²) in [4.78, 5) is 0. The molecule has 0 radical (unpaired) electrons. The van der Waals surface area contributed by atoms with Crippen LogP contribution in [-0.4, -0.2) is 16.1 Å². The molecule has 0 aliphatic heterocycles. The number of aromatic nitrogens is 2. The molecule has 0 amide bonds. The maximum Gasteiger partial charge on any atom is 0.283 e. The molecule has 80 valence electrons. The number of nitrogens with zero attached hydrogens (tertiary/aromatic N) is 2. The Kier molecular flexibility index (Phi) is 3.28. The molecular formula is C9H8Cl2N2O2. The molecule has 0 spiro atoms. The fourth-order valence-electron chi connectivity index (χ4n) is 1.10. The maximum absolute atomic E-state index is 5.63. The Bertz CT molecular complexity index is 439. The molecule has 6 heteroatoms. The van der Waals surface area contributed by atoms with Gasteiger partial charge in [-0.2, -0.15) is 0 Å². The van der Waals surface area contributed by atoms with Crippen LogP contribution in [0.1, 0.15) is 12.3 Å². The molecule has 0 aromatic carbocycles. The van der Waals surface area contributed by atoms with Crippen LogP contribution >= 0.6 is 23.2 Å². The van der Waals surface area contributed by atoms with Crippen LogP contribution < -0.4 is 0 Å². The third-order valence-corrected chi connectivity index (χ3v) is 2.25. The predicted octanol–water partition coefficient (Wildman–Crippen LogP) is 3.15. The first-order chi connectivity index (χ1) is 7.29. The summed E-state index contributed by atoms with van der Waals surface area (Å²) in [6.07, 6.45) is 1.48. The van der Waals surface area contributed by atoms with Crippen molar-refractivity contribution in [1.82, 2.24) is 10.2 Å². The summed E-state index contributed by atoms with van der Waals surface area (Å²) in [5.41, 5.74) is 0. The van der Waals surface area contributed by atoms with E-state index in [-0.39, 0.29) is 0 Å². The average Bonchev–Trinajstić information content (AvgIpc) is 2.83. The van der Waals surface area contributed by atoms with Crippen LogP contribution in [0.3, 0.4) is 0 Å². The summed E-state index contributed by atoms with van der Waals surface area (Å²) in [5.74, 6) is 1.94. The molecule has 0 fully saturated rings. The lowest BCUT2D eigenvalue weighted by atomic mass is 10.3. The Balaban J connectivity index is 2.13. The number of furan rings is 1. The van der Waals surface area contributed by atoms with Gasteiger partial charge in [0.1, 0.15) is 0 Å². The van der Waals surface area contributed by atoms with E-state index in [2.05, 4.69) is 10.2 Å². The van der Waals surface area contributed by atoms with E-state index in [4.69, 9.17) is 32.0 Å². The number of rotatable bonds is 4. The van der Waals surface area contributed by atoms with Gasteiger partial charge < -0.3 is 8.83 Å². The van der Waals surface area contributed by atoms with Gasteiger partial charge in [-0.1, -0.05) is 0 Å². The Morgan fingerprint density at radius 3 is 2.73 bits per heavy atom. The van der Waals surface area contributed by atoms with E-state index < -0.39 is 0 Å². The highest BCUT2D eigenvalue weighted by Crippen LogP contribution is 2.23. The molecule has 2 heterocycles. The highest BCUT2D eigenvalue weighted by molar-refractivity contribution is 6.28. The van der Waals surface area contributed by atoms with Crippen LogP contribution in [0.4, 0.5) is 0 Å². The zero-order valence-electron chi connectivity index (χ0n) is 7.74. The SMILES string of the molecule is ClCCCc1nnc(-c2ccc(Cl)o2)o1. The highest BCUT2D eigenvalue weighted by atomic mass is 35.5. The van der Waals surface area contributed by atoms with Crippen molar-refractivity contribution in [3.8, 4) is 11.7 Å². The average molecular weight is 247 g/mol. The first kappa shape index (κ1) is 10.5. The third-order valence-electron chi connectivity index (χ3n) is 1.78. The highest BCUT2D eigenvalue weighted by Gasteiger charge is 2.11. The normalized spacial score (nSPS) is 10.8. The Labute approximate surface area is 96.2 Å². The zero-order chi connectivity index (χ0) is 10.7. The van der Waals surface area contributed by atoms with Crippen molar-refractivity contribution in [2.45, 2.75) is 12.8 Å². The second-order valence-electron chi connectivity index (χ2n) is 2.90. The number of hydrogen-bond donors (Lipinski definition) is 0. The lowest BCUT2D eigenvalue weighted by Gasteiger charge is -1.89. The van der Waals surface area contributed by atoms with Crippen LogP contribution in [-0.2, 0) is 6.42 Å². The predicted molar refractivity (Wildman–Crippen MR) is 56.1 cm³/mol. The summed E-state index contributed by atoms with van der Waals surface area (Å²) in [7, 11) is 0. The van der Waals surface area contributed by atoms with Crippen molar-refractivity contribution in [1.29, 1.82) is 0 Å². The van der Waals surface area contributed by atoms with Gasteiger partial charge in [-0.05, 0) is 30.2 Å². The summed E-state index contributed by atoms with van der Waals surface area (Å²) >= 11 is 11.2. The first-order valence-electron chi connectivity index (χ1n) is 4.43. The molecule has 2 aromatic rings. The lowest BCUT2D eigenvalue weighted by Crippen LogP contribution is -1.85. The largest absolute Gasteiger partial charge is 0.440 e. The van der Waals surface area contributed by atoms with E-state index in [0.29, 0.717) is 35.1 Å². The molecule has 0 saturated heterocycles. The van der Waals surface area contributed by atoms with Crippen LogP contribution in [0.15, 0.2) is 21.0 Å². The number of alkyl halides is 1. The molecule has 0 saturated carbocycles. The second kappa shape index (κ2) is 4.68. The number of aryl methyl sites for hydroxylation is 1. The molecule has 0 aliphatic carbocycles. The Hall–Kier alpha value is -1.00. The van der Waals surface area contributed by atoms with Gasteiger partial charge in [0.05, 0.1) is 0 Å². The van der Waals surface area contributed by atoms with Gasteiger partial charge in [-0.25, -0.2) is 0 Å². The van der Waals surface area contributed by atoms with E-state index in [9.17, 15) is 0 Å². The molecule has 4 nitrogen and oxygen atoms in total. The van der Waals surface area contributed by atoms with Crippen molar-refractivity contribution < 1.29 is 8.83 Å². The van der Waals surface area contributed by atoms with Gasteiger partial charge in [0.2, 0.25) is 5.89 Å². The van der Waals surface area contributed by atoms with Crippen LogP contribution in [0.5, 0.6) is 0 Å². The van der Waals surface area contributed by atoms with Crippen LogP contribution in [0.2, 0.25) is 5.22 Å². The monoisotopic (exact) mass is 246 g/mol. The fraction of sp³-hybridized carbons (Fsp3) is 0.333. The van der Waals surface area contributed by atoms with E-state index in [0.717, 1.165) is 6.42 Å². The molecular weight excluding hydrogens is 239 g/mol. The molecule has 0 bridgehead atoms. The zero-order valence-corrected chi connectivity index (χ0v) is 9.25. The number of halogens is 2. The smallest absolute Gasteiger partial charge is 0.283 e. The van der Waals surface area contributed by atoms with E-state index in [1.807, 2.05) is 0 Å². The number of hydrogen-bond acceptors (Lipinski definition) is 4. The van der Waals surface area contributed by atoms with Gasteiger partial charge in [-0.3, -0.25) is 0 Å². The van der Waals surface area contributed by atoms with Crippen molar-refractivity contribution in [3.05, 3.63) is 23.2 Å². The summed E-state index contributed by atoms with van der Waals surface area (Å²) in [6.45, 7) is 0. The quantitative estimate of drug-likeness (QED) is 0.778. The van der Waals surface area contributed by atoms with Crippen molar-refractivity contribution in [2.24, 2.45) is 0 Å². The fourth-order valence-corrected chi connectivity index (χ4v) is 1.38. The minimum atomic E-state index is 0.297. The molecule has 0 N–H and O–H groups in total. The van der Waals surface area contributed by atoms with Crippen LogP contribution in [0, 0.1) is 0 Å². The topological polar surface area (TPSA) is 52.1 Å². The minimum Gasteiger partial charge on any atom is -0.440 e. The maximum atomic E-state index is 5.63. The van der Waals surface area contributed by atoms with E-state index >= 15 is 0 Å². The van der Waals surface area contributed by atoms with Crippen LogP contribution in [0.25, 0.3) is 11.7 Å². The van der Waals surface area contributed by atoms with Gasteiger partial charge in [0.25, 0.3) is 5.89 Å². The van der Waals surface area contributed by atoms with Gasteiger partial charge in [-0.15, -0.1) is 21.8 Å². The third kappa shape index (κ3) is 2.52. The molecule has 2 aromatic heterocycles.